The van der Waals surface area contributed by atoms with Gasteiger partial charge < -0.3 is 14.9 Å². The van der Waals surface area contributed by atoms with Crippen LogP contribution in [0.25, 0.3) is 0 Å². The normalized spacial score (nSPS) is 21.1. The van der Waals surface area contributed by atoms with Crippen LogP contribution in [0.2, 0.25) is 0 Å². The number of carbonyl (C=O) groups excluding carboxylic acids is 1. The van der Waals surface area contributed by atoms with Gasteiger partial charge in [0.2, 0.25) is 0 Å². The second-order valence-electron chi connectivity index (χ2n) is 6.14. The Bertz CT molecular complexity index is 516. The van der Waals surface area contributed by atoms with E-state index in [0.29, 0.717) is 13.1 Å². The predicted molar refractivity (Wildman–Crippen MR) is 80.1 cm³/mol. The first-order chi connectivity index (χ1) is 9.83. The number of urea groups is 1. The van der Waals surface area contributed by atoms with Crippen molar-refractivity contribution in [2.75, 3.05) is 13.6 Å². The summed E-state index contributed by atoms with van der Waals surface area (Å²) in [5.41, 5.74) is 2.12. The van der Waals surface area contributed by atoms with Gasteiger partial charge in [-0.05, 0) is 18.3 Å². The first kappa shape index (κ1) is 15.8. The van der Waals surface area contributed by atoms with E-state index >= 15 is 0 Å². The zero-order chi connectivity index (χ0) is 15.6. The van der Waals surface area contributed by atoms with E-state index in [-0.39, 0.29) is 6.03 Å². The second-order valence-corrected chi connectivity index (χ2v) is 6.86. The first-order valence-corrected chi connectivity index (χ1v) is 7.89. The Hall–Kier alpha value is -1.63. The molecule has 0 radical (unpaired) electrons. The maximum Gasteiger partial charge on any atom is 0.327 e. The number of hydrogen-bond acceptors (Lipinski definition) is 4. The first-order valence-electron chi connectivity index (χ1n) is 6.94. The van der Waals surface area contributed by atoms with Gasteiger partial charge in [0.15, 0.2) is 0 Å². The van der Waals surface area contributed by atoms with Gasteiger partial charge in [0.1, 0.15) is 6.04 Å². The summed E-state index contributed by atoms with van der Waals surface area (Å²) < 4.78 is 0. The largest absolute Gasteiger partial charge is 0.480 e. The molecule has 1 aliphatic heterocycles. The average Bonchev–Trinajstić information content (AvgIpc) is 2.88. The summed E-state index contributed by atoms with van der Waals surface area (Å²) >= 11 is 1.48. The number of hydrogen-bond donors (Lipinski definition) is 1. The molecule has 1 aromatic heterocycles. The van der Waals surface area contributed by atoms with Crippen LogP contribution >= 0.6 is 11.3 Å². The van der Waals surface area contributed by atoms with Crippen LogP contribution in [0.15, 0.2) is 10.9 Å². The highest BCUT2D eigenvalue weighted by Gasteiger charge is 2.45. The molecule has 2 rings (SSSR count). The summed E-state index contributed by atoms with van der Waals surface area (Å²) in [5, 5.41) is 11.4. The number of carbonyl (C=O) groups is 2. The number of aliphatic carboxylic acids is 1. The maximum absolute atomic E-state index is 12.6. The molecule has 6 nitrogen and oxygen atoms in total. The van der Waals surface area contributed by atoms with Gasteiger partial charge in [0.25, 0.3) is 0 Å². The average molecular weight is 311 g/mol. The lowest BCUT2D eigenvalue weighted by Gasteiger charge is -2.44. The molecule has 7 heteroatoms. The molecule has 1 saturated heterocycles. The SMILES string of the molecule is CN(Cc1cscn1)C(=O)N1CCCC(C)(C)C1C(=O)O. The molecular weight excluding hydrogens is 290 g/mol. The van der Waals surface area contributed by atoms with Crippen molar-refractivity contribution in [1.82, 2.24) is 14.8 Å². The molecule has 0 saturated carbocycles. The van der Waals surface area contributed by atoms with Crippen LogP contribution in [0.1, 0.15) is 32.4 Å². The summed E-state index contributed by atoms with van der Waals surface area (Å²) in [4.78, 5) is 31.4. The van der Waals surface area contributed by atoms with Gasteiger partial charge in [-0.25, -0.2) is 14.6 Å². The molecule has 1 fully saturated rings. The predicted octanol–water partition coefficient (Wildman–Crippen LogP) is 2.27. The van der Waals surface area contributed by atoms with Gasteiger partial charge in [-0.3, -0.25) is 0 Å². The molecular formula is C14H21N3O3S. The van der Waals surface area contributed by atoms with Crippen molar-refractivity contribution >= 4 is 23.3 Å². The molecule has 1 aromatic rings. The van der Waals surface area contributed by atoms with Gasteiger partial charge >= 0.3 is 12.0 Å². The van der Waals surface area contributed by atoms with Crippen LogP contribution < -0.4 is 0 Å². The van der Waals surface area contributed by atoms with Gasteiger partial charge in [0.05, 0.1) is 17.7 Å². The molecule has 0 spiro atoms. The van der Waals surface area contributed by atoms with Gasteiger partial charge in [0, 0.05) is 19.0 Å². The summed E-state index contributed by atoms with van der Waals surface area (Å²) in [6.07, 6.45) is 1.64. The second kappa shape index (κ2) is 6.01. The molecule has 1 atom stereocenters. The van der Waals surface area contributed by atoms with Crippen LogP contribution in [0.4, 0.5) is 4.79 Å². The molecule has 2 amide bonds. The fraction of sp³-hybridized carbons (Fsp3) is 0.643. The molecule has 0 bridgehead atoms. The van der Waals surface area contributed by atoms with E-state index in [4.69, 9.17) is 0 Å². The lowest BCUT2D eigenvalue weighted by molar-refractivity contribution is -0.148. The minimum atomic E-state index is -0.935. The highest BCUT2D eigenvalue weighted by molar-refractivity contribution is 7.07. The Balaban J connectivity index is 2.14. The van der Waals surface area contributed by atoms with E-state index in [0.717, 1.165) is 18.5 Å². The molecule has 0 aliphatic carbocycles. The smallest absolute Gasteiger partial charge is 0.327 e. The zero-order valence-electron chi connectivity index (χ0n) is 12.6. The third-order valence-corrected chi connectivity index (χ3v) is 4.60. The van der Waals surface area contributed by atoms with Gasteiger partial charge in [-0.2, -0.15) is 0 Å². The van der Waals surface area contributed by atoms with E-state index in [1.807, 2.05) is 19.2 Å². The molecule has 21 heavy (non-hydrogen) atoms. The molecule has 0 aromatic carbocycles. The molecule has 1 aliphatic rings. The van der Waals surface area contributed by atoms with Crippen molar-refractivity contribution in [3.63, 3.8) is 0 Å². The minimum absolute atomic E-state index is 0.247. The highest BCUT2D eigenvalue weighted by Crippen LogP contribution is 2.35. The Kier molecular flexibility index (Phi) is 4.51. The van der Waals surface area contributed by atoms with Crippen LogP contribution in [0.5, 0.6) is 0 Å². The van der Waals surface area contributed by atoms with Crippen LogP contribution in [-0.4, -0.2) is 51.5 Å². The Morgan fingerprint density at radius 1 is 1.57 bits per heavy atom. The lowest BCUT2D eigenvalue weighted by atomic mass is 9.76. The van der Waals surface area contributed by atoms with E-state index in [1.165, 1.54) is 21.1 Å². The number of nitrogens with zero attached hydrogens (tertiary/aromatic N) is 3. The number of piperidine rings is 1. The molecule has 116 valence electrons. The van der Waals surface area contributed by atoms with Crippen molar-refractivity contribution < 1.29 is 14.7 Å². The van der Waals surface area contributed by atoms with Crippen molar-refractivity contribution in [2.24, 2.45) is 5.41 Å². The number of likely N-dealkylation sites (tertiary alicyclic amines) is 1. The Morgan fingerprint density at radius 3 is 2.86 bits per heavy atom. The van der Waals surface area contributed by atoms with Crippen molar-refractivity contribution in [3.8, 4) is 0 Å². The van der Waals surface area contributed by atoms with E-state index in [2.05, 4.69) is 4.98 Å². The fourth-order valence-corrected chi connectivity index (χ4v) is 3.46. The monoisotopic (exact) mass is 311 g/mol. The Morgan fingerprint density at radius 2 is 2.29 bits per heavy atom. The lowest BCUT2D eigenvalue weighted by Crippen LogP contribution is -2.58. The molecule has 2 heterocycles. The number of carboxylic acids is 1. The molecule has 1 N–H and O–H groups in total. The van der Waals surface area contributed by atoms with Crippen molar-refractivity contribution in [1.29, 1.82) is 0 Å². The van der Waals surface area contributed by atoms with Gasteiger partial charge in [-0.15, -0.1) is 11.3 Å². The quantitative estimate of drug-likeness (QED) is 0.929. The number of thiazole rings is 1. The fourth-order valence-electron chi connectivity index (χ4n) is 2.91. The number of carboxylic acid groups (broad SMARTS) is 1. The van der Waals surface area contributed by atoms with E-state index in [1.54, 1.807) is 12.6 Å². The van der Waals surface area contributed by atoms with Crippen LogP contribution in [0.3, 0.4) is 0 Å². The standard InChI is InChI=1S/C14H21N3O3S/c1-14(2)5-4-6-17(11(14)12(18)19)13(20)16(3)7-10-8-21-9-15-10/h8-9,11H,4-7H2,1-3H3,(H,18,19). The highest BCUT2D eigenvalue weighted by atomic mass is 32.1. The third-order valence-electron chi connectivity index (χ3n) is 3.96. The topological polar surface area (TPSA) is 73.7 Å². The third kappa shape index (κ3) is 3.34. The maximum atomic E-state index is 12.6. The summed E-state index contributed by atoms with van der Waals surface area (Å²) in [7, 11) is 1.68. The van der Waals surface area contributed by atoms with E-state index in [9.17, 15) is 14.7 Å². The number of aromatic nitrogens is 1. The molecule has 1 unspecified atom stereocenters. The number of amides is 2. The summed E-state index contributed by atoms with van der Waals surface area (Å²) in [6, 6.07) is -1.03. The van der Waals surface area contributed by atoms with Crippen LogP contribution in [-0.2, 0) is 11.3 Å². The number of rotatable bonds is 3. The van der Waals surface area contributed by atoms with Crippen molar-refractivity contribution in [3.05, 3.63) is 16.6 Å². The van der Waals surface area contributed by atoms with Crippen LogP contribution in [0, 0.1) is 5.41 Å². The minimum Gasteiger partial charge on any atom is -0.480 e. The van der Waals surface area contributed by atoms with E-state index < -0.39 is 17.4 Å². The van der Waals surface area contributed by atoms with Crippen molar-refractivity contribution in [2.45, 2.75) is 39.3 Å². The Labute approximate surface area is 128 Å². The summed E-state index contributed by atoms with van der Waals surface area (Å²) in [6.45, 7) is 4.70. The van der Waals surface area contributed by atoms with Gasteiger partial charge in [-0.1, -0.05) is 13.8 Å². The zero-order valence-corrected chi connectivity index (χ0v) is 13.4. The summed E-state index contributed by atoms with van der Waals surface area (Å²) in [5.74, 6) is -0.935.